The Hall–Kier alpha value is -1.96. The number of benzene rings is 2. The second-order valence-electron chi connectivity index (χ2n) is 5.86. The summed E-state index contributed by atoms with van der Waals surface area (Å²) in [4.78, 5) is 13.8. The van der Waals surface area contributed by atoms with Gasteiger partial charge in [-0.1, -0.05) is 11.6 Å². The Morgan fingerprint density at radius 1 is 1.12 bits per heavy atom. The van der Waals surface area contributed by atoms with Crippen LogP contribution >= 0.6 is 11.6 Å². The highest BCUT2D eigenvalue weighted by Crippen LogP contribution is 2.25. The third-order valence-corrected chi connectivity index (χ3v) is 5.72. The second kappa shape index (κ2) is 7.11. The molecule has 0 spiro atoms. The van der Waals surface area contributed by atoms with Crippen molar-refractivity contribution in [3.05, 3.63) is 59.4 Å². The lowest BCUT2D eigenvalue weighted by Crippen LogP contribution is -2.31. The van der Waals surface area contributed by atoms with E-state index in [9.17, 15) is 17.6 Å². The zero-order valence-corrected chi connectivity index (χ0v) is 14.7. The van der Waals surface area contributed by atoms with Crippen LogP contribution < -0.4 is 9.62 Å². The van der Waals surface area contributed by atoms with Crippen LogP contribution in [0.2, 0.25) is 5.02 Å². The number of hydrogen-bond acceptors (Lipinski definition) is 3. The summed E-state index contributed by atoms with van der Waals surface area (Å²) in [6.07, 6.45) is 0.237. The average Bonchev–Trinajstić information content (AvgIpc) is 2.95. The quantitative estimate of drug-likeness (QED) is 0.864. The van der Waals surface area contributed by atoms with E-state index >= 15 is 0 Å². The summed E-state index contributed by atoms with van der Waals surface area (Å²) in [6, 6.07) is 11.5. The van der Waals surface area contributed by atoms with Crippen LogP contribution in [0.3, 0.4) is 0 Å². The van der Waals surface area contributed by atoms with E-state index in [2.05, 4.69) is 4.72 Å². The summed E-state index contributed by atoms with van der Waals surface area (Å²) in [5.74, 6) is -0.635. The van der Waals surface area contributed by atoms with Gasteiger partial charge in [0.15, 0.2) is 0 Å². The molecule has 1 aliphatic heterocycles. The first-order chi connectivity index (χ1) is 11.8. The Morgan fingerprint density at radius 2 is 1.76 bits per heavy atom. The van der Waals surface area contributed by atoms with Crippen LogP contribution in [0.4, 0.5) is 10.1 Å². The normalized spacial score (nSPS) is 17.9. The molecular formula is C17H16ClFN2O3S. The van der Waals surface area contributed by atoms with E-state index in [1.54, 1.807) is 4.90 Å². The SMILES string of the molecule is O=C1C[C@@H](CNS(=O)(=O)c2ccc(Cl)cc2)CN1c1ccc(F)cc1. The first-order valence-corrected chi connectivity index (χ1v) is 9.52. The van der Waals surface area contributed by atoms with Gasteiger partial charge >= 0.3 is 0 Å². The van der Waals surface area contributed by atoms with Gasteiger partial charge in [0, 0.05) is 30.2 Å². The Labute approximate surface area is 150 Å². The van der Waals surface area contributed by atoms with Crippen LogP contribution in [0.1, 0.15) is 6.42 Å². The van der Waals surface area contributed by atoms with Crippen molar-refractivity contribution >= 4 is 33.2 Å². The van der Waals surface area contributed by atoms with Crippen LogP contribution in [-0.4, -0.2) is 27.4 Å². The van der Waals surface area contributed by atoms with Crippen LogP contribution in [0.25, 0.3) is 0 Å². The molecule has 1 amide bonds. The van der Waals surface area contributed by atoms with Crippen LogP contribution in [0, 0.1) is 11.7 Å². The van der Waals surface area contributed by atoms with E-state index in [0.717, 1.165) is 0 Å². The molecule has 5 nitrogen and oxygen atoms in total. The molecule has 1 aliphatic rings. The maximum Gasteiger partial charge on any atom is 0.240 e. The van der Waals surface area contributed by atoms with Crippen LogP contribution in [-0.2, 0) is 14.8 Å². The lowest BCUT2D eigenvalue weighted by atomic mass is 10.1. The number of hydrogen-bond donors (Lipinski definition) is 1. The fourth-order valence-corrected chi connectivity index (χ4v) is 3.96. The molecular weight excluding hydrogens is 367 g/mol. The molecule has 2 aromatic rings. The van der Waals surface area contributed by atoms with Gasteiger partial charge in [-0.05, 0) is 54.4 Å². The number of carbonyl (C=O) groups is 1. The summed E-state index contributed by atoms with van der Waals surface area (Å²) in [5.41, 5.74) is 0.606. The van der Waals surface area contributed by atoms with E-state index in [-0.39, 0.29) is 35.5 Å². The number of amides is 1. The zero-order chi connectivity index (χ0) is 18.0. The molecule has 0 aromatic heterocycles. The second-order valence-corrected chi connectivity index (χ2v) is 8.06. The fourth-order valence-electron chi connectivity index (χ4n) is 2.71. The van der Waals surface area contributed by atoms with Crippen molar-refractivity contribution in [2.45, 2.75) is 11.3 Å². The van der Waals surface area contributed by atoms with Crippen LogP contribution in [0.15, 0.2) is 53.4 Å². The number of anilines is 1. The third-order valence-electron chi connectivity index (χ3n) is 4.03. The van der Waals surface area contributed by atoms with E-state index in [1.807, 2.05) is 0 Å². The van der Waals surface area contributed by atoms with Crippen molar-refractivity contribution < 1.29 is 17.6 Å². The van der Waals surface area contributed by atoms with Gasteiger partial charge < -0.3 is 4.90 Å². The molecule has 1 saturated heterocycles. The molecule has 1 heterocycles. The van der Waals surface area contributed by atoms with E-state index < -0.39 is 10.0 Å². The van der Waals surface area contributed by atoms with Gasteiger partial charge in [-0.2, -0.15) is 0 Å². The average molecular weight is 383 g/mol. The molecule has 1 N–H and O–H groups in total. The van der Waals surface area contributed by atoms with Gasteiger partial charge in [-0.3, -0.25) is 4.79 Å². The van der Waals surface area contributed by atoms with Crippen molar-refractivity contribution in [3.8, 4) is 0 Å². The number of rotatable bonds is 5. The molecule has 0 aliphatic carbocycles. The van der Waals surface area contributed by atoms with Gasteiger partial charge in [-0.25, -0.2) is 17.5 Å². The highest BCUT2D eigenvalue weighted by Gasteiger charge is 2.31. The van der Waals surface area contributed by atoms with Crippen molar-refractivity contribution in [1.82, 2.24) is 4.72 Å². The minimum atomic E-state index is -3.66. The van der Waals surface area contributed by atoms with Crippen molar-refractivity contribution in [2.24, 2.45) is 5.92 Å². The fraction of sp³-hybridized carbons (Fsp3) is 0.235. The number of carbonyl (C=O) groups excluding carboxylic acids is 1. The van der Waals surface area contributed by atoms with Gasteiger partial charge in [0.2, 0.25) is 15.9 Å². The molecule has 1 atom stereocenters. The molecule has 3 rings (SSSR count). The molecule has 0 saturated carbocycles. The maximum atomic E-state index is 13.0. The van der Waals surface area contributed by atoms with Gasteiger partial charge in [-0.15, -0.1) is 0 Å². The van der Waals surface area contributed by atoms with Crippen molar-refractivity contribution in [1.29, 1.82) is 0 Å². The van der Waals surface area contributed by atoms with Crippen molar-refractivity contribution in [3.63, 3.8) is 0 Å². The molecule has 132 valence electrons. The lowest BCUT2D eigenvalue weighted by Gasteiger charge is -2.17. The first kappa shape index (κ1) is 17.8. The summed E-state index contributed by atoms with van der Waals surface area (Å²) in [5, 5.41) is 0.454. The standard InChI is InChI=1S/C17H16ClFN2O3S/c18-13-1-7-16(8-2-13)25(23,24)20-10-12-9-17(22)21(11-12)15-5-3-14(19)4-6-15/h1-8,12,20H,9-11H2/t12-/m0/s1. The maximum absolute atomic E-state index is 13.0. The molecule has 0 bridgehead atoms. The first-order valence-electron chi connectivity index (χ1n) is 7.66. The van der Waals surface area contributed by atoms with E-state index in [4.69, 9.17) is 11.6 Å². The lowest BCUT2D eigenvalue weighted by molar-refractivity contribution is -0.117. The summed E-state index contributed by atoms with van der Waals surface area (Å²) in [7, 11) is -3.66. The largest absolute Gasteiger partial charge is 0.312 e. The summed E-state index contributed by atoms with van der Waals surface area (Å²) >= 11 is 5.76. The predicted molar refractivity (Wildman–Crippen MR) is 93.5 cm³/mol. The summed E-state index contributed by atoms with van der Waals surface area (Å²) in [6.45, 7) is 0.530. The minimum Gasteiger partial charge on any atom is -0.312 e. The molecule has 2 aromatic carbocycles. The van der Waals surface area contributed by atoms with Gasteiger partial charge in [0.05, 0.1) is 4.90 Å². The van der Waals surface area contributed by atoms with E-state index in [1.165, 1.54) is 48.5 Å². The smallest absolute Gasteiger partial charge is 0.240 e. The van der Waals surface area contributed by atoms with Crippen LogP contribution in [0.5, 0.6) is 0 Å². The third kappa shape index (κ3) is 4.18. The van der Waals surface area contributed by atoms with E-state index in [0.29, 0.717) is 17.3 Å². The van der Waals surface area contributed by atoms with Gasteiger partial charge in [0.25, 0.3) is 0 Å². The highest BCUT2D eigenvalue weighted by molar-refractivity contribution is 7.89. The zero-order valence-electron chi connectivity index (χ0n) is 13.2. The molecule has 1 fully saturated rings. The Balaban J connectivity index is 1.63. The molecule has 8 heteroatoms. The molecule has 0 radical (unpaired) electrons. The number of halogens is 2. The van der Waals surface area contributed by atoms with Crippen molar-refractivity contribution in [2.75, 3.05) is 18.0 Å². The number of nitrogens with one attached hydrogen (secondary N) is 1. The summed E-state index contributed by atoms with van der Waals surface area (Å²) < 4.78 is 40.1. The topological polar surface area (TPSA) is 66.5 Å². The highest BCUT2D eigenvalue weighted by atomic mass is 35.5. The number of nitrogens with zero attached hydrogens (tertiary/aromatic N) is 1. The minimum absolute atomic E-state index is 0.109. The van der Waals surface area contributed by atoms with Gasteiger partial charge in [0.1, 0.15) is 5.82 Å². The number of sulfonamides is 1. The molecule has 25 heavy (non-hydrogen) atoms. The Morgan fingerprint density at radius 3 is 2.40 bits per heavy atom. The molecule has 0 unspecified atom stereocenters. The monoisotopic (exact) mass is 382 g/mol. The Kier molecular flexibility index (Phi) is 5.08. The Bertz CT molecular complexity index is 870. The predicted octanol–water partition coefficient (Wildman–Crippen LogP) is 2.81.